The van der Waals surface area contributed by atoms with Gasteiger partial charge in [0.25, 0.3) is 0 Å². The minimum atomic E-state index is -3.35. The zero-order chi connectivity index (χ0) is 15.9. The van der Waals surface area contributed by atoms with Crippen LogP contribution in [0.2, 0.25) is 0 Å². The Morgan fingerprint density at radius 2 is 1.71 bits per heavy atom. The van der Waals surface area contributed by atoms with Gasteiger partial charge in [-0.05, 0) is 31.5 Å². The lowest BCUT2D eigenvalue weighted by atomic mass is 10.1. The van der Waals surface area contributed by atoms with E-state index in [0.29, 0.717) is 0 Å². The van der Waals surface area contributed by atoms with E-state index in [1.54, 1.807) is 7.11 Å². The quantitative estimate of drug-likeness (QED) is 0.727. The molecule has 1 rings (SSSR count). The molecule has 0 amide bonds. The van der Waals surface area contributed by atoms with Gasteiger partial charge in [-0.1, -0.05) is 31.2 Å². The topological polar surface area (TPSA) is 67.4 Å². The fourth-order valence-corrected chi connectivity index (χ4v) is 2.95. The van der Waals surface area contributed by atoms with Gasteiger partial charge in [0, 0.05) is 20.2 Å². The molecule has 0 saturated carbocycles. The van der Waals surface area contributed by atoms with Crippen LogP contribution in [0.3, 0.4) is 0 Å². The summed E-state index contributed by atoms with van der Waals surface area (Å²) in [6.45, 7) is 7.69. The molecule has 0 heterocycles. The molecule has 1 aromatic rings. The lowest BCUT2D eigenvalue weighted by Crippen LogP contribution is -2.40. The van der Waals surface area contributed by atoms with E-state index in [0.717, 1.165) is 24.2 Å². The van der Waals surface area contributed by atoms with E-state index in [4.69, 9.17) is 4.74 Å². The van der Waals surface area contributed by atoms with Crippen LogP contribution in [0, 0.1) is 0 Å². The van der Waals surface area contributed by atoms with E-state index in [9.17, 15) is 8.42 Å². The highest BCUT2D eigenvalue weighted by atomic mass is 32.2. The molecule has 0 saturated heterocycles. The Labute approximate surface area is 128 Å². The van der Waals surface area contributed by atoms with Gasteiger partial charge in [-0.2, -0.15) is 0 Å². The van der Waals surface area contributed by atoms with Gasteiger partial charge in [0.15, 0.2) is 0 Å². The second-order valence-corrected chi connectivity index (χ2v) is 7.45. The fraction of sp³-hybridized carbons (Fsp3) is 0.600. The number of rotatable bonds is 9. The Hall–Kier alpha value is -0.950. The standard InChI is InChI=1S/C15H26N2O3S/c1-5-16-10-13-6-8-14(9-7-13)11-21(18,19)17-12-15(2,3)20-4/h6-9,16-17H,5,10-12H2,1-4H3. The van der Waals surface area contributed by atoms with Crippen molar-refractivity contribution in [1.29, 1.82) is 0 Å². The molecule has 21 heavy (non-hydrogen) atoms. The molecule has 6 heteroatoms. The number of methoxy groups -OCH3 is 1. The summed E-state index contributed by atoms with van der Waals surface area (Å²) in [6, 6.07) is 7.61. The second-order valence-electron chi connectivity index (χ2n) is 5.64. The first kappa shape index (κ1) is 18.1. The van der Waals surface area contributed by atoms with E-state index in [2.05, 4.69) is 10.0 Å². The molecule has 0 aromatic heterocycles. The Kier molecular flexibility index (Phi) is 6.80. The Morgan fingerprint density at radius 3 is 2.24 bits per heavy atom. The van der Waals surface area contributed by atoms with Crippen molar-refractivity contribution in [2.45, 2.75) is 38.7 Å². The van der Waals surface area contributed by atoms with E-state index >= 15 is 0 Å². The van der Waals surface area contributed by atoms with Crippen molar-refractivity contribution in [1.82, 2.24) is 10.0 Å². The summed E-state index contributed by atoms with van der Waals surface area (Å²) < 4.78 is 31.9. The molecule has 0 atom stereocenters. The van der Waals surface area contributed by atoms with Gasteiger partial charge in [-0.15, -0.1) is 0 Å². The molecule has 5 nitrogen and oxygen atoms in total. The summed E-state index contributed by atoms with van der Waals surface area (Å²) in [7, 11) is -1.79. The predicted octanol–water partition coefficient (Wildman–Crippen LogP) is 1.64. The smallest absolute Gasteiger partial charge is 0.215 e. The SMILES string of the molecule is CCNCc1ccc(CS(=O)(=O)NCC(C)(C)OC)cc1. The summed E-state index contributed by atoms with van der Waals surface area (Å²) in [6.07, 6.45) is 0. The zero-order valence-corrected chi connectivity index (χ0v) is 14.1. The normalized spacial score (nSPS) is 12.6. The van der Waals surface area contributed by atoms with Crippen molar-refractivity contribution >= 4 is 10.0 Å². The van der Waals surface area contributed by atoms with Crippen LogP contribution < -0.4 is 10.0 Å². The van der Waals surface area contributed by atoms with Crippen LogP contribution in [-0.2, 0) is 27.1 Å². The number of sulfonamides is 1. The molecule has 0 bridgehead atoms. The van der Waals surface area contributed by atoms with Crippen LogP contribution in [0.4, 0.5) is 0 Å². The maximum Gasteiger partial charge on any atom is 0.215 e. The highest BCUT2D eigenvalue weighted by Crippen LogP contribution is 2.10. The van der Waals surface area contributed by atoms with Crippen molar-refractivity contribution in [3.05, 3.63) is 35.4 Å². The molecular formula is C15H26N2O3S. The molecule has 1 aromatic carbocycles. The highest BCUT2D eigenvalue weighted by molar-refractivity contribution is 7.88. The number of hydrogen-bond donors (Lipinski definition) is 2. The minimum Gasteiger partial charge on any atom is -0.377 e. The van der Waals surface area contributed by atoms with Crippen LogP contribution in [0.25, 0.3) is 0 Å². The molecule has 0 radical (unpaired) electrons. The number of hydrogen-bond acceptors (Lipinski definition) is 4. The van der Waals surface area contributed by atoms with Gasteiger partial charge < -0.3 is 10.1 Å². The summed E-state index contributed by atoms with van der Waals surface area (Å²) in [4.78, 5) is 0. The molecule has 0 spiro atoms. The van der Waals surface area contributed by atoms with E-state index in [1.165, 1.54) is 0 Å². The average Bonchev–Trinajstić information content (AvgIpc) is 2.44. The third kappa shape index (κ3) is 7.04. The molecule has 0 aliphatic heterocycles. The summed E-state index contributed by atoms with van der Waals surface area (Å²) in [5, 5.41) is 3.23. The first-order chi connectivity index (χ1) is 9.78. The van der Waals surface area contributed by atoms with Crippen molar-refractivity contribution in [3.8, 4) is 0 Å². The number of nitrogens with one attached hydrogen (secondary N) is 2. The first-order valence-corrected chi connectivity index (χ1v) is 8.74. The Morgan fingerprint density at radius 1 is 1.14 bits per heavy atom. The fourth-order valence-electron chi connectivity index (χ4n) is 1.65. The Balaban J connectivity index is 2.59. The van der Waals surface area contributed by atoms with Gasteiger partial charge in [-0.3, -0.25) is 0 Å². The van der Waals surface area contributed by atoms with Crippen molar-refractivity contribution in [2.24, 2.45) is 0 Å². The second kappa shape index (κ2) is 7.89. The van der Waals surface area contributed by atoms with Gasteiger partial charge >= 0.3 is 0 Å². The van der Waals surface area contributed by atoms with Crippen LogP contribution in [0.5, 0.6) is 0 Å². The summed E-state index contributed by atoms with van der Waals surface area (Å²) >= 11 is 0. The van der Waals surface area contributed by atoms with Gasteiger partial charge in [-0.25, -0.2) is 13.1 Å². The zero-order valence-electron chi connectivity index (χ0n) is 13.3. The monoisotopic (exact) mass is 314 g/mol. The highest BCUT2D eigenvalue weighted by Gasteiger charge is 2.20. The summed E-state index contributed by atoms with van der Waals surface area (Å²) in [5.74, 6) is -0.0196. The van der Waals surface area contributed by atoms with Gasteiger partial charge in [0.2, 0.25) is 10.0 Å². The molecule has 0 fully saturated rings. The third-order valence-corrected chi connectivity index (χ3v) is 4.53. The van der Waals surface area contributed by atoms with Crippen molar-refractivity contribution in [3.63, 3.8) is 0 Å². The lowest BCUT2D eigenvalue weighted by molar-refractivity contribution is 0.0276. The van der Waals surface area contributed by atoms with Crippen LogP contribution in [0.15, 0.2) is 24.3 Å². The van der Waals surface area contributed by atoms with Gasteiger partial charge in [0.1, 0.15) is 0 Å². The average molecular weight is 314 g/mol. The van der Waals surface area contributed by atoms with Gasteiger partial charge in [0.05, 0.1) is 11.4 Å². The predicted molar refractivity (Wildman–Crippen MR) is 85.5 cm³/mol. The Bertz CT molecular complexity index is 524. The minimum absolute atomic E-state index is 0.0196. The van der Waals surface area contributed by atoms with Crippen LogP contribution in [-0.4, -0.2) is 34.2 Å². The summed E-state index contributed by atoms with van der Waals surface area (Å²) in [5.41, 5.74) is 1.41. The molecule has 0 aliphatic rings. The van der Waals surface area contributed by atoms with Crippen LogP contribution >= 0.6 is 0 Å². The maximum atomic E-state index is 12.0. The van der Waals surface area contributed by atoms with E-state index in [1.807, 2.05) is 45.0 Å². The number of benzene rings is 1. The molecule has 2 N–H and O–H groups in total. The molecule has 120 valence electrons. The number of ether oxygens (including phenoxy) is 1. The van der Waals surface area contributed by atoms with Crippen molar-refractivity contribution in [2.75, 3.05) is 20.2 Å². The maximum absolute atomic E-state index is 12.0. The largest absolute Gasteiger partial charge is 0.377 e. The third-order valence-electron chi connectivity index (χ3n) is 3.23. The van der Waals surface area contributed by atoms with E-state index in [-0.39, 0.29) is 12.3 Å². The molecule has 0 unspecified atom stereocenters. The molecule has 0 aliphatic carbocycles. The lowest BCUT2D eigenvalue weighted by Gasteiger charge is -2.23. The van der Waals surface area contributed by atoms with E-state index < -0.39 is 15.6 Å². The van der Waals surface area contributed by atoms with Crippen molar-refractivity contribution < 1.29 is 13.2 Å². The van der Waals surface area contributed by atoms with Crippen LogP contribution in [0.1, 0.15) is 31.9 Å². The molecular weight excluding hydrogens is 288 g/mol. The first-order valence-electron chi connectivity index (χ1n) is 7.09.